The second kappa shape index (κ2) is 5.43. The zero-order valence-corrected chi connectivity index (χ0v) is 8.43. The summed E-state index contributed by atoms with van der Waals surface area (Å²) in [6.07, 6.45) is 3.17. The standard InChI is InChI=1S/C13H16/c1-3-5-6-7-13-10-8-12(4-2)9-11-13/h8-11H,4,6-7H2,1-2H3. The maximum absolute atomic E-state index is 3.08. The maximum Gasteiger partial charge on any atom is 0.0129 e. The Hall–Kier alpha value is -1.22. The fourth-order valence-corrected chi connectivity index (χ4v) is 1.27. The van der Waals surface area contributed by atoms with Crippen LogP contribution in [0.3, 0.4) is 0 Å². The van der Waals surface area contributed by atoms with E-state index in [0.29, 0.717) is 0 Å². The Balaban J connectivity index is 2.52. The van der Waals surface area contributed by atoms with Crippen LogP contribution in [0.2, 0.25) is 0 Å². The molecule has 68 valence electrons. The van der Waals surface area contributed by atoms with Gasteiger partial charge in [0.05, 0.1) is 0 Å². The number of benzene rings is 1. The van der Waals surface area contributed by atoms with Crippen molar-refractivity contribution in [1.29, 1.82) is 0 Å². The van der Waals surface area contributed by atoms with Crippen LogP contribution in [0.15, 0.2) is 24.3 Å². The van der Waals surface area contributed by atoms with Gasteiger partial charge in [0, 0.05) is 6.42 Å². The molecule has 0 radical (unpaired) electrons. The van der Waals surface area contributed by atoms with Crippen molar-refractivity contribution in [3.63, 3.8) is 0 Å². The molecule has 0 nitrogen and oxygen atoms in total. The highest BCUT2D eigenvalue weighted by Crippen LogP contribution is 2.06. The summed E-state index contributed by atoms with van der Waals surface area (Å²) in [6, 6.07) is 8.82. The summed E-state index contributed by atoms with van der Waals surface area (Å²) >= 11 is 0. The van der Waals surface area contributed by atoms with Crippen LogP contribution >= 0.6 is 0 Å². The highest BCUT2D eigenvalue weighted by atomic mass is 14.0. The molecule has 1 aromatic rings. The van der Waals surface area contributed by atoms with Crippen molar-refractivity contribution in [3.05, 3.63) is 35.4 Å². The smallest absolute Gasteiger partial charge is 0.0129 e. The Labute approximate surface area is 81.0 Å². The first-order valence-corrected chi connectivity index (χ1v) is 4.84. The van der Waals surface area contributed by atoms with Gasteiger partial charge in [0.15, 0.2) is 0 Å². The number of hydrogen-bond donors (Lipinski definition) is 0. The molecule has 0 aliphatic rings. The quantitative estimate of drug-likeness (QED) is 0.614. The molecule has 0 N–H and O–H groups in total. The van der Waals surface area contributed by atoms with Crippen molar-refractivity contribution in [2.45, 2.75) is 33.1 Å². The maximum atomic E-state index is 3.08. The van der Waals surface area contributed by atoms with Gasteiger partial charge < -0.3 is 0 Å². The molecule has 0 saturated carbocycles. The predicted molar refractivity (Wildman–Crippen MR) is 57.6 cm³/mol. The van der Waals surface area contributed by atoms with Crippen LogP contribution in [-0.4, -0.2) is 0 Å². The highest BCUT2D eigenvalue weighted by Gasteiger charge is 1.91. The van der Waals surface area contributed by atoms with Crippen molar-refractivity contribution >= 4 is 0 Å². The van der Waals surface area contributed by atoms with Crippen LogP contribution in [-0.2, 0) is 12.8 Å². The molecular formula is C13H16. The molecule has 0 bridgehead atoms. The summed E-state index contributed by atoms with van der Waals surface area (Å²) in [4.78, 5) is 0. The summed E-state index contributed by atoms with van der Waals surface area (Å²) in [5, 5.41) is 0. The van der Waals surface area contributed by atoms with Crippen molar-refractivity contribution in [2.75, 3.05) is 0 Å². The van der Waals surface area contributed by atoms with Gasteiger partial charge in [0.1, 0.15) is 0 Å². The van der Waals surface area contributed by atoms with Gasteiger partial charge >= 0.3 is 0 Å². The molecule has 0 aliphatic heterocycles. The van der Waals surface area contributed by atoms with Crippen molar-refractivity contribution < 1.29 is 0 Å². The van der Waals surface area contributed by atoms with Gasteiger partial charge in [-0.1, -0.05) is 31.2 Å². The Kier molecular flexibility index (Phi) is 4.12. The fraction of sp³-hybridized carbons (Fsp3) is 0.385. The normalized spacial score (nSPS) is 9.08. The summed E-state index contributed by atoms with van der Waals surface area (Å²) in [7, 11) is 0. The van der Waals surface area contributed by atoms with Gasteiger partial charge in [-0.05, 0) is 30.9 Å². The molecule has 0 fully saturated rings. The van der Waals surface area contributed by atoms with E-state index in [4.69, 9.17) is 0 Å². The minimum absolute atomic E-state index is 0.974. The lowest BCUT2D eigenvalue weighted by molar-refractivity contribution is 1.02. The van der Waals surface area contributed by atoms with E-state index < -0.39 is 0 Å². The second-order valence-corrected chi connectivity index (χ2v) is 3.10. The molecule has 0 aromatic heterocycles. The van der Waals surface area contributed by atoms with Crippen LogP contribution in [0.5, 0.6) is 0 Å². The van der Waals surface area contributed by atoms with E-state index in [0.717, 1.165) is 19.3 Å². The van der Waals surface area contributed by atoms with Crippen LogP contribution in [0.1, 0.15) is 31.4 Å². The summed E-state index contributed by atoms with van der Waals surface area (Å²) in [6.45, 7) is 4.07. The molecule has 0 atom stereocenters. The van der Waals surface area contributed by atoms with Crippen LogP contribution < -0.4 is 0 Å². The lowest BCUT2D eigenvalue weighted by atomic mass is 10.1. The molecule has 1 aromatic carbocycles. The van der Waals surface area contributed by atoms with E-state index >= 15 is 0 Å². The third-order valence-electron chi connectivity index (χ3n) is 2.15. The molecule has 0 saturated heterocycles. The van der Waals surface area contributed by atoms with E-state index in [-0.39, 0.29) is 0 Å². The third kappa shape index (κ3) is 3.34. The van der Waals surface area contributed by atoms with Crippen molar-refractivity contribution in [3.8, 4) is 11.8 Å². The Morgan fingerprint density at radius 1 is 1.08 bits per heavy atom. The second-order valence-electron chi connectivity index (χ2n) is 3.10. The Morgan fingerprint density at radius 2 is 1.69 bits per heavy atom. The molecule has 0 spiro atoms. The SMILES string of the molecule is CC#CCCc1ccc(CC)cc1. The van der Waals surface area contributed by atoms with Gasteiger partial charge in [0.2, 0.25) is 0 Å². The minimum Gasteiger partial charge on any atom is -0.107 e. The topological polar surface area (TPSA) is 0 Å². The average molecular weight is 172 g/mol. The van der Waals surface area contributed by atoms with Gasteiger partial charge in [-0.3, -0.25) is 0 Å². The van der Waals surface area contributed by atoms with E-state index in [2.05, 4.69) is 43.0 Å². The third-order valence-corrected chi connectivity index (χ3v) is 2.15. The van der Waals surface area contributed by atoms with Gasteiger partial charge in [-0.15, -0.1) is 11.8 Å². The lowest BCUT2D eigenvalue weighted by Crippen LogP contribution is -1.85. The number of rotatable bonds is 3. The molecular weight excluding hydrogens is 156 g/mol. The first kappa shape index (κ1) is 9.86. The van der Waals surface area contributed by atoms with Crippen molar-refractivity contribution in [2.24, 2.45) is 0 Å². The largest absolute Gasteiger partial charge is 0.107 e. The first-order valence-electron chi connectivity index (χ1n) is 4.84. The fourth-order valence-electron chi connectivity index (χ4n) is 1.27. The summed E-state index contributed by atoms with van der Waals surface area (Å²) in [5.74, 6) is 5.99. The van der Waals surface area contributed by atoms with Crippen LogP contribution in [0.4, 0.5) is 0 Å². The molecule has 13 heavy (non-hydrogen) atoms. The van der Waals surface area contributed by atoms with Crippen molar-refractivity contribution in [1.82, 2.24) is 0 Å². The molecule has 0 amide bonds. The van der Waals surface area contributed by atoms with E-state index in [9.17, 15) is 0 Å². The summed E-state index contributed by atoms with van der Waals surface area (Å²) in [5.41, 5.74) is 2.80. The van der Waals surface area contributed by atoms with E-state index in [1.807, 2.05) is 6.92 Å². The number of aryl methyl sites for hydroxylation is 2. The monoisotopic (exact) mass is 172 g/mol. The predicted octanol–water partition coefficient (Wildman–Crippen LogP) is 3.20. The first-order chi connectivity index (χ1) is 6.36. The minimum atomic E-state index is 0.974. The van der Waals surface area contributed by atoms with E-state index in [1.54, 1.807) is 0 Å². The zero-order valence-electron chi connectivity index (χ0n) is 8.43. The number of hydrogen-bond acceptors (Lipinski definition) is 0. The lowest BCUT2D eigenvalue weighted by Gasteiger charge is -1.99. The van der Waals surface area contributed by atoms with Crippen LogP contribution in [0, 0.1) is 11.8 Å². The molecule has 0 heteroatoms. The molecule has 0 unspecified atom stereocenters. The van der Waals surface area contributed by atoms with E-state index in [1.165, 1.54) is 11.1 Å². The zero-order chi connectivity index (χ0) is 9.52. The van der Waals surface area contributed by atoms with Gasteiger partial charge in [-0.25, -0.2) is 0 Å². The summed E-state index contributed by atoms with van der Waals surface area (Å²) < 4.78 is 0. The molecule has 0 aliphatic carbocycles. The van der Waals surface area contributed by atoms with Gasteiger partial charge in [0.25, 0.3) is 0 Å². The molecule has 0 heterocycles. The Bertz CT molecular complexity index is 295. The average Bonchev–Trinajstić information content (AvgIpc) is 2.19. The van der Waals surface area contributed by atoms with Gasteiger partial charge in [-0.2, -0.15) is 0 Å². The molecule has 1 rings (SSSR count). The highest BCUT2D eigenvalue weighted by molar-refractivity contribution is 5.23. The van der Waals surface area contributed by atoms with Crippen LogP contribution in [0.25, 0.3) is 0 Å². The Morgan fingerprint density at radius 3 is 2.23 bits per heavy atom.